The van der Waals surface area contributed by atoms with Gasteiger partial charge in [0.05, 0.1) is 0 Å². The summed E-state index contributed by atoms with van der Waals surface area (Å²) in [5, 5.41) is 5.80. The number of imide groups is 1. The minimum absolute atomic E-state index is 0.1000. The van der Waals surface area contributed by atoms with E-state index >= 15 is 0 Å². The molecule has 1 unspecified atom stereocenters. The van der Waals surface area contributed by atoms with Gasteiger partial charge in [0.1, 0.15) is 6.04 Å². The van der Waals surface area contributed by atoms with Gasteiger partial charge in [-0.1, -0.05) is 6.07 Å². The summed E-state index contributed by atoms with van der Waals surface area (Å²) < 4.78 is 0. The first-order valence-electron chi connectivity index (χ1n) is 11.1. The fourth-order valence-corrected chi connectivity index (χ4v) is 5.38. The lowest BCUT2D eigenvalue weighted by Gasteiger charge is -2.41. The van der Waals surface area contributed by atoms with E-state index in [1.54, 1.807) is 4.90 Å². The van der Waals surface area contributed by atoms with Gasteiger partial charge >= 0.3 is 0 Å². The van der Waals surface area contributed by atoms with Gasteiger partial charge < -0.3 is 15.1 Å². The van der Waals surface area contributed by atoms with E-state index in [4.69, 9.17) is 0 Å². The van der Waals surface area contributed by atoms with Crippen molar-refractivity contribution < 1.29 is 14.4 Å². The fourth-order valence-electron chi connectivity index (χ4n) is 5.38. The number of piperidine rings is 2. The minimum atomic E-state index is -0.561. The van der Waals surface area contributed by atoms with E-state index in [1.165, 1.54) is 0 Å². The quantitative estimate of drug-likeness (QED) is 0.697. The number of amides is 3. The van der Waals surface area contributed by atoms with Crippen LogP contribution in [-0.2, 0) is 16.1 Å². The molecule has 1 atom stereocenters. The Kier molecular flexibility index (Phi) is 5.20. The Morgan fingerprint density at radius 3 is 2.43 bits per heavy atom. The lowest BCUT2D eigenvalue weighted by molar-refractivity contribution is -0.136. The van der Waals surface area contributed by atoms with Crippen molar-refractivity contribution >= 4 is 23.4 Å². The summed E-state index contributed by atoms with van der Waals surface area (Å²) in [6, 6.07) is 5.99. The zero-order valence-electron chi connectivity index (χ0n) is 17.2. The summed E-state index contributed by atoms with van der Waals surface area (Å²) >= 11 is 0. The van der Waals surface area contributed by atoms with E-state index in [2.05, 4.69) is 26.5 Å². The Morgan fingerprint density at radius 2 is 1.70 bits per heavy atom. The van der Waals surface area contributed by atoms with Gasteiger partial charge in [-0.2, -0.15) is 0 Å². The summed E-state index contributed by atoms with van der Waals surface area (Å²) in [5.41, 5.74) is 2.84. The van der Waals surface area contributed by atoms with Gasteiger partial charge in [-0.05, 0) is 31.4 Å². The number of piperazine rings is 1. The molecule has 3 fully saturated rings. The van der Waals surface area contributed by atoms with Crippen LogP contribution < -0.4 is 15.5 Å². The van der Waals surface area contributed by atoms with E-state index in [0.717, 1.165) is 63.4 Å². The van der Waals surface area contributed by atoms with E-state index in [0.29, 0.717) is 24.6 Å². The maximum absolute atomic E-state index is 13.0. The Morgan fingerprint density at radius 1 is 0.933 bits per heavy atom. The molecule has 4 aliphatic heterocycles. The molecule has 8 heteroatoms. The maximum atomic E-state index is 13.0. The minimum Gasteiger partial charge on any atom is -0.371 e. The molecule has 0 radical (unpaired) electrons. The van der Waals surface area contributed by atoms with Crippen molar-refractivity contribution in [3.05, 3.63) is 29.3 Å². The average Bonchev–Trinajstić information content (AvgIpc) is 3.11. The van der Waals surface area contributed by atoms with Crippen LogP contribution >= 0.6 is 0 Å². The Balaban J connectivity index is 1.30. The number of carbonyl (C=O) groups is 3. The lowest BCUT2D eigenvalue weighted by Crippen LogP contribution is -2.52. The molecule has 0 bridgehead atoms. The topological polar surface area (TPSA) is 85.0 Å². The van der Waals surface area contributed by atoms with Crippen LogP contribution in [0, 0.1) is 0 Å². The van der Waals surface area contributed by atoms with Crippen molar-refractivity contribution in [1.82, 2.24) is 20.4 Å². The second kappa shape index (κ2) is 8.00. The molecule has 1 aromatic rings. The van der Waals surface area contributed by atoms with E-state index in [9.17, 15) is 14.4 Å². The highest BCUT2D eigenvalue weighted by atomic mass is 16.2. The lowest BCUT2D eigenvalue weighted by atomic mass is 9.99. The molecule has 3 saturated heterocycles. The number of hydrogen-bond acceptors (Lipinski definition) is 6. The normalized spacial score (nSPS) is 26.1. The summed E-state index contributed by atoms with van der Waals surface area (Å²) in [5.74, 6) is -0.712. The number of nitrogens with one attached hydrogen (secondary N) is 2. The monoisotopic (exact) mass is 411 g/mol. The van der Waals surface area contributed by atoms with Crippen LogP contribution in [0.3, 0.4) is 0 Å². The molecule has 4 aliphatic rings. The summed E-state index contributed by atoms with van der Waals surface area (Å²) in [7, 11) is 0. The van der Waals surface area contributed by atoms with Gasteiger partial charge in [0.2, 0.25) is 11.8 Å². The predicted octanol–water partition coefficient (Wildman–Crippen LogP) is 0.322. The van der Waals surface area contributed by atoms with Gasteiger partial charge in [-0.25, -0.2) is 0 Å². The van der Waals surface area contributed by atoms with Crippen LogP contribution in [0.5, 0.6) is 0 Å². The molecule has 0 aliphatic carbocycles. The highest BCUT2D eigenvalue weighted by molar-refractivity contribution is 6.06. The molecular weight excluding hydrogens is 382 g/mol. The van der Waals surface area contributed by atoms with Crippen molar-refractivity contribution in [3.63, 3.8) is 0 Å². The molecule has 4 heterocycles. The van der Waals surface area contributed by atoms with Crippen LogP contribution in [0.4, 0.5) is 5.69 Å². The van der Waals surface area contributed by atoms with Gasteiger partial charge in [-0.3, -0.25) is 24.6 Å². The molecule has 5 rings (SSSR count). The zero-order chi connectivity index (χ0) is 20.7. The molecule has 3 amide bonds. The fraction of sp³-hybridized carbons (Fsp3) is 0.591. The Hall–Kier alpha value is -2.45. The highest BCUT2D eigenvalue weighted by Gasteiger charge is 2.40. The largest absolute Gasteiger partial charge is 0.371 e. The first kappa shape index (κ1) is 19.5. The third-order valence-electron chi connectivity index (χ3n) is 7.03. The van der Waals surface area contributed by atoms with Crippen molar-refractivity contribution in [3.8, 4) is 0 Å². The molecule has 0 aromatic heterocycles. The van der Waals surface area contributed by atoms with E-state index < -0.39 is 6.04 Å². The van der Waals surface area contributed by atoms with Crippen molar-refractivity contribution in [2.45, 2.75) is 44.3 Å². The summed E-state index contributed by atoms with van der Waals surface area (Å²) in [4.78, 5) is 43.5. The molecule has 0 spiro atoms. The number of fused-ring (bicyclic) bond motifs is 1. The molecule has 160 valence electrons. The second-order valence-corrected chi connectivity index (χ2v) is 8.71. The van der Waals surface area contributed by atoms with Crippen LogP contribution in [0.25, 0.3) is 0 Å². The summed E-state index contributed by atoms with van der Waals surface area (Å²) in [6.07, 6.45) is 2.95. The third kappa shape index (κ3) is 3.48. The molecule has 2 N–H and O–H groups in total. The smallest absolute Gasteiger partial charge is 0.255 e. The molecule has 30 heavy (non-hydrogen) atoms. The first-order valence-corrected chi connectivity index (χ1v) is 11.1. The van der Waals surface area contributed by atoms with Crippen LogP contribution in [0.1, 0.15) is 41.6 Å². The van der Waals surface area contributed by atoms with Gasteiger partial charge in [0.25, 0.3) is 5.91 Å². The van der Waals surface area contributed by atoms with Crippen molar-refractivity contribution in [1.29, 1.82) is 0 Å². The number of nitrogens with zero attached hydrogens (tertiary/aromatic N) is 3. The molecule has 1 aromatic carbocycles. The maximum Gasteiger partial charge on any atom is 0.255 e. The van der Waals surface area contributed by atoms with Gasteiger partial charge in [-0.15, -0.1) is 0 Å². The number of anilines is 1. The zero-order valence-corrected chi connectivity index (χ0v) is 17.2. The van der Waals surface area contributed by atoms with Crippen LogP contribution in [0.2, 0.25) is 0 Å². The Bertz CT molecular complexity index is 858. The van der Waals surface area contributed by atoms with E-state index in [1.807, 2.05) is 12.1 Å². The third-order valence-corrected chi connectivity index (χ3v) is 7.03. The van der Waals surface area contributed by atoms with E-state index in [-0.39, 0.29) is 24.1 Å². The molecular formula is C22H29N5O3. The Labute approximate surface area is 176 Å². The standard InChI is InChI=1S/C22H29N5O3/c28-20-5-4-19(21(29)24-20)27-14-17-16(22(27)30)2-1-3-18(17)26-10-6-15(7-11-26)25-12-8-23-9-13-25/h1-3,15,19,23H,4-14H2,(H,24,28,29). The number of hydrogen-bond donors (Lipinski definition) is 2. The first-order chi connectivity index (χ1) is 14.6. The predicted molar refractivity (Wildman–Crippen MR) is 112 cm³/mol. The highest BCUT2D eigenvalue weighted by Crippen LogP contribution is 2.35. The van der Waals surface area contributed by atoms with Crippen LogP contribution in [0.15, 0.2) is 18.2 Å². The SMILES string of the molecule is O=C1CCC(N2Cc3c(cccc3N3CCC(N4CCNCC4)CC3)C2=O)C(=O)N1. The van der Waals surface area contributed by atoms with Crippen LogP contribution in [-0.4, -0.2) is 78.9 Å². The average molecular weight is 412 g/mol. The molecule has 0 saturated carbocycles. The number of carbonyl (C=O) groups excluding carboxylic acids is 3. The molecule has 8 nitrogen and oxygen atoms in total. The second-order valence-electron chi connectivity index (χ2n) is 8.71. The van der Waals surface area contributed by atoms with Gasteiger partial charge in [0, 0.05) is 75.1 Å². The van der Waals surface area contributed by atoms with Gasteiger partial charge in [0.15, 0.2) is 0 Å². The number of benzene rings is 1. The van der Waals surface area contributed by atoms with Crippen molar-refractivity contribution in [2.24, 2.45) is 0 Å². The summed E-state index contributed by atoms with van der Waals surface area (Å²) in [6.45, 7) is 6.81. The number of rotatable bonds is 3. The van der Waals surface area contributed by atoms with Crippen molar-refractivity contribution in [2.75, 3.05) is 44.2 Å².